The lowest BCUT2D eigenvalue weighted by molar-refractivity contribution is 0.0934. The number of nitrogens with zero attached hydrogens (tertiary/aromatic N) is 1. The molecule has 1 atom stereocenters. The molecule has 4 rings (SSSR count). The first kappa shape index (κ1) is 18.0. The lowest BCUT2D eigenvalue weighted by Gasteiger charge is -2.18. The van der Waals surface area contributed by atoms with Gasteiger partial charge in [0.1, 0.15) is 5.82 Å². The van der Waals surface area contributed by atoms with E-state index in [-0.39, 0.29) is 11.9 Å². The summed E-state index contributed by atoms with van der Waals surface area (Å²) in [5.41, 5.74) is 5.83. The molecule has 2 N–H and O–H groups in total. The Morgan fingerprint density at radius 3 is 2.50 bits per heavy atom. The molecule has 28 heavy (non-hydrogen) atoms. The highest BCUT2D eigenvalue weighted by atomic mass is 16.1. The van der Waals surface area contributed by atoms with Gasteiger partial charge in [0, 0.05) is 5.56 Å². The fraction of sp³-hybridized carbons (Fsp3) is 0.167. The molecule has 1 aromatic heterocycles. The first-order valence-electron chi connectivity index (χ1n) is 9.47. The van der Waals surface area contributed by atoms with Gasteiger partial charge in [-0.05, 0) is 55.2 Å². The predicted molar refractivity (Wildman–Crippen MR) is 112 cm³/mol. The van der Waals surface area contributed by atoms with Crippen LogP contribution in [0.25, 0.3) is 11.0 Å². The summed E-state index contributed by atoms with van der Waals surface area (Å²) >= 11 is 0. The third kappa shape index (κ3) is 3.67. The van der Waals surface area contributed by atoms with Gasteiger partial charge in [-0.2, -0.15) is 0 Å². The molecule has 0 aliphatic carbocycles. The minimum absolute atomic E-state index is 0.0809. The van der Waals surface area contributed by atoms with E-state index in [9.17, 15) is 4.79 Å². The third-order valence-corrected chi connectivity index (χ3v) is 5.17. The Bertz CT molecular complexity index is 1080. The van der Waals surface area contributed by atoms with Gasteiger partial charge in [0.15, 0.2) is 0 Å². The van der Waals surface area contributed by atoms with Crippen LogP contribution >= 0.6 is 0 Å². The summed E-state index contributed by atoms with van der Waals surface area (Å²) in [6, 6.07) is 23.6. The Morgan fingerprint density at radius 2 is 1.71 bits per heavy atom. The molecule has 0 saturated heterocycles. The second-order valence-electron chi connectivity index (χ2n) is 7.10. The molecular formula is C24H23N3O. The van der Waals surface area contributed by atoms with E-state index < -0.39 is 0 Å². The number of hydrogen-bond acceptors (Lipinski definition) is 2. The SMILES string of the molecule is Cc1cccc(C(=O)N[C@@H](Cc2ccccc2)c2nc3ccccc3[nH]2)c1C. The molecule has 0 saturated carbocycles. The molecule has 4 heteroatoms. The van der Waals surface area contributed by atoms with E-state index in [1.54, 1.807) is 0 Å². The average molecular weight is 369 g/mol. The molecule has 0 unspecified atom stereocenters. The number of H-pyrrole nitrogens is 1. The maximum absolute atomic E-state index is 13.1. The molecule has 3 aromatic carbocycles. The number of hydrogen-bond donors (Lipinski definition) is 2. The molecule has 1 heterocycles. The summed E-state index contributed by atoms with van der Waals surface area (Å²) in [5, 5.41) is 3.19. The number of benzene rings is 3. The summed E-state index contributed by atoms with van der Waals surface area (Å²) in [4.78, 5) is 21.2. The van der Waals surface area contributed by atoms with Crippen molar-refractivity contribution in [3.63, 3.8) is 0 Å². The number of rotatable bonds is 5. The van der Waals surface area contributed by atoms with Crippen molar-refractivity contribution >= 4 is 16.9 Å². The number of para-hydroxylation sites is 2. The van der Waals surface area contributed by atoms with Gasteiger partial charge in [0.2, 0.25) is 0 Å². The van der Waals surface area contributed by atoms with Crippen LogP contribution in [0.3, 0.4) is 0 Å². The van der Waals surface area contributed by atoms with Crippen molar-refractivity contribution < 1.29 is 4.79 Å². The van der Waals surface area contributed by atoms with Crippen LogP contribution in [0.5, 0.6) is 0 Å². The fourth-order valence-corrected chi connectivity index (χ4v) is 3.44. The van der Waals surface area contributed by atoms with Crippen LogP contribution in [-0.2, 0) is 6.42 Å². The van der Waals surface area contributed by atoms with E-state index in [0.29, 0.717) is 12.0 Å². The summed E-state index contributed by atoms with van der Waals surface area (Å²) in [6.07, 6.45) is 0.664. The van der Waals surface area contributed by atoms with E-state index in [0.717, 1.165) is 33.5 Å². The minimum Gasteiger partial charge on any atom is -0.342 e. The Balaban J connectivity index is 1.68. The Hall–Kier alpha value is -3.40. The molecule has 0 spiro atoms. The van der Waals surface area contributed by atoms with Gasteiger partial charge >= 0.3 is 0 Å². The Morgan fingerprint density at radius 1 is 0.964 bits per heavy atom. The second kappa shape index (κ2) is 7.69. The zero-order valence-corrected chi connectivity index (χ0v) is 16.1. The second-order valence-corrected chi connectivity index (χ2v) is 7.10. The number of aryl methyl sites for hydroxylation is 1. The Labute approximate surface area is 164 Å². The number of carbonyl (C=O) groups is 1. The van der Waals surface area contributed by atoms with Crippen molar-refractivity contribution in [3.8, 4) is 0 Å². The maximum atomic E-state index is 13.1. The molecular weight excluding hydrogens is 346 g/mol. The molecule has 1 amide bonds. The first-order chi connectivity index (χ1) is 13.6. The molecule has 140 valence electrons. The summed E-state index contributed by atoms with van der Waals surface area (Å²) < 4.78 is 0. The van der Waals surface area contributed by atoms with Crippen molar-refractivity contribution in [2.75, 3.05) is 0 Å². The zero-order valence-electron chi connectivity index (χ0n) is 16.1. The molecule has 4 nitrogen and oxygen atoms in total. The van der Waals surface area contributed by atoms with Gasteiger partial charge in [0.05, 0.1) is 17.1 Å². The summed E-state index contributed by atoms with van der Waals surface area (Å²) in [6.45, 7) is 4.00. The number of nitrogens with one attached hydrogen (secondary N) is 2. The van der Waals surface area contributed by atoms with Crippen LogP contribution in [-0.4, -0.2) is 15.9 Å². The van der Waals surface area contributed by atoms with Gasteiger partial charge in [-0.1, -0.05) is 54.6 Å². The number of aromatic nitrogens is 2. The monoisotopic (exact) mass is 369 g/mol. The Kier molecular flexibility index (Phi) is 4.94. The van der Waals surface area contributed by atoms with E-state index in [1.807, 2.05) is 74.5 Å². The van der Waals surface area contributed by atoms with Crippen molar-refractivity contribution in [3.05, 3.63) is 101 Å². The summed E-state index contributed by atoms with van der Waals surface area (Å²) in [5.74, 6) is 0.686. The molecule has 0 bridgehead atoms. The van der Waals surface area contributed by atoms with Crippen molar-refractivity contribution in [1.82, 2.24) is 15.3 Å². The van der Waals surface area contributed by atoms with Crippen molar-refractivity contribution in [1.29, 1.82) is 0 Å². The molecule has 0 aliphatic heterocycles. The van der Waals surface area contributed by atoms with Gasteiger partial charge in [-0.25, -0.2) is 4.98 Å². The smallest absolute Gasteiger partial charge is 0.252 e. The van der Waals surface area contributed by atoms with Gasteiger partial charge in [-0.15, -0.1) is 0 Å². The highest BCUT2D eigenvalue weighted by molar-refractivity contribution is 5.96. The number of imidazole rings is 1. The van der Waals surface area contributed by atoms with Crippen LogP contribution in [0, 0.1) is 13.8 Å². The van der Waals surface area contributed by atoms with Crippen LogP contribution < -0.4 is 5.32 Å². The summed E-state index contributed by atoms with van der Waals surface area (Å²) in [7, 11) is 0. The highest BCUT2D eigenvalue weighted by Gasteiger charge is 2.21. The average Bonchev–Trinajstić information content (AvgIpc) is 3.14. The zero-order chi connectivity index (χ0) is 19.5. The van der Waals surface area contributed by atoms with Crippen LogP contribution in [0.15, 0.2) is 72.8 Å². The topological polar surface area (TPSA) is 57.8 Å². The quantitative estimate of drug-likeness (QED) is 0.526. The van der Waals surface area contributed by atoms with E-state index in [1.165, 1.54) is 0 Å². The van der Waals surface area contributed by atoms with Crippen molar-refractivity contribution in [2.45, 2.75) is 26.3 Å². The normalized spacial score (nSPS) is 12.1. The van der Waals surface area contributed by atoms with E-state index in [2.05, 4.69) is 22.4 Å². The largest absolute Gasteiger partial charge is 0.342 e. The van der Waals surface area contributed by atoms with Gasteiger partial charge in [-0.3, -0.25) is 4.79 Å². The van der Waals surface area contributed by atoms with E-state index >= 15 is 0 Å². The number of fused-ring (bicyclic) bond motifs is 1. The lowest BCUT2D eigenvalue weighted by Crippen LogP contribution is -2.31. The lowest BCUT2D eigenvalue weighted by atomic mass is 10.0. The molecule has 0 fully saturated rings. The van der Waals surface area contributed by atoms with E-state index in [4.69, 9.17) is 4.98 Å². The van der Waals surface area contributed by atoms with Crippen molar-refractivity contribution in [2.24, 2.45) is 0 Å². The fourth-order valence-electron chi connectivity index (χ4n) is 3.44. The highest BCUT2D eigenvalue weighted by Crippen LogP contribution is 2.21. The van der Waals surface area contributed by atoms with Crippen LogP contribution in [0.2, 0.25) is 0 Å². The van der Waals surface area contributed by atoms with Crippen LogP contribution in [0.1, 0.15) is 38.9 Å². The number of carbonyl (C=O) groups excluding carboxylic acids is 1. The third-order valence-electron chi connectivity index (χ3n) is 5.17. The molecule has 0 radical (unpaired) electrons. The van der Waals surface area contributed by atoms with Gasteiger partial charge < -0.3 is 10.3 Å². The predicted octanol–water partition coefficient (Wildman–Crippen LogP) is 4.89. The van der Waals surface area contributed by atoms with Crippen LogP contribution in [0.4, 0.5) is 0 Å². The standard InChI is InChI=1S/C24H23N3O/c1-16-9-8-12-19(17(16)2)24(28)27-22(15-18-10-4-3-5-11-18)23-25-20-13-6-7-14-21(20)26-23/h3-14,22H,15H2,1-2H3,(H,25,26)(H,27,28)/t22-/m0/s1. The number of aromatic amines is 1. The maximum Gasteiger partial charge on any atom is 0.252 e. The molecule has 4 aromatic rings. The van der Waals surface area contributed by atoms with Gasteiger partial charge in [0.25, 0.3) is 5.91 Å². The molecule has 0 aliphatic rings. The number of amides is 1. The minimum atomic E-state index is -0.248. The first-order valence-corrected chi connectivity index (χ1v) is 9.47.